The van der Waals surface area contributed by atoms with Crippen LogP contribution in [0.4, 0.5) is 24.5 Å². The number of non-ortho nitro benzene ring substituents is 1. The molecular weight excluding hydrogens is 393 g/mol. The Labute approximate surface area is 161 Å². The number of hydrogen-bond donors (Lipinski definition) is 0. The first-order valence-electron chi connectivity index (χ1n) is 8.15. The van der Waals surface area contributed by atoms with Crippen LogP contribution in [-0.2, 0) is 6.18 Å². The predicted octanol–water partition coefficient (Wildman–Crippen LogP) is 5.08. The number of anilines is 1. The largest absolute Gasteiger partial charge is 0.417 e. The molecule has 6 nitrogen and oxygen atoms in total. The number of nitro benzene ring substituents is 1. The van der Waals surface area contributed by atoms with Crippen LogP contribution >= 0.6 is 11.8 Å². The molecule has 0 amide bonds. The topological polar surface area (TPSA) is 63.7 Å². The number of aromatic nitrogens is 2. The molecule has 2 aromatic heterocycles. The standard InChI is InChI=1S/C18H13F3N4O2S/c1-11-2-4-13(25(26)27)6-14(11)24-10-28-9-16(24)15-7-22-17-5-3-12(8-23(15)17)18(19,20)21/h2-9H,10H2,1H3. The number of imidazole rings is 1. The van der Waals surface area contributed by atoms with Crippen molar-refractivity contribution in [2.24, 2.45) is 0 Å². The van der Waals surface area contributed by atoms with Gasteiger partial charge in [-0.25, -0.2) is 4.98 Å². The molecule has 1 aliphatic heterocycles. The zero-order chi connectivity index (χ0) is 20.1. The SMILES string of the molecule is Cc1ccc([N+](=O)[O-])cc1N1CSC=C1c1cnc2ccc(C(F)(F)F)cn12. The van der Waals surface area contributed by atoms with Crippen LogP contribution in [0.5, 0.6) is 0 Å². The van der Waals surface area contributed by atoms with Gasteiger partial charge in [0.1, 0.15) is 5.65 Å². The van der Waals surface area contributed by atoms with Crippen LogP contribution in [0.3, 0.4) is 0 Å². The summed E-state index contributed by atoms with van der Waals surface area (Å²) in [7, 11) is 0. The third-order valence-corrected chi connectivity index (χ3v) is 5.28. The maximum absolute atomic E-state index is 13.1. The first kappa shape index (κ1) is 18.4. The van der Waals surface area contributed by atoms with Crippen LogP contribution in [0.2, 0.25) is 0 Å². The van der Waals surface area contributed by atoms with Gasteiger partial charge in [0.2, 0.25) is 0 Å². The number of fused-ring (bicyclic) bond motifs is 1. The summed E-state index contributed by atoms with van der Waals surface area (Å²) in [5, 5.41) is 13.0. The first-order chi connectivity index (χ1) is 13.3. The van der Waals surface area contributed by atoms with Crippen LogP contribution < -0.4 is 4.90 Å². The molecule has 0 radical (unpaired) electrons. The molecule has 28 heavy (non-hydrogen) atoms. The molecule has 4 rings (SSSR count). The number of halogens is 3. The third-order valence-electron chi connectivity index (χ3n) is 4.48. The van der Waals surface area contributed by atoms with Crippen molar-refractivity contribution in [1.29, 1.82) is 0 Å². The highest BCUT2D eigenvalue weighted by Crippen LogP contribution is 2.39. The monoisotopic (exact) mass is 406 g/mol. The molecule has 0 aliphatic carbocycles. The van der Waals surface area contributed by atoms with Gasteiger partial charge in [0.15, 0.2) is 0 Å². The van der Waals surface area contributed by atoms with Crippen molar-refractivity contribution in [2.75, 3.05) is 10.8 Å². The summed E-state index contributed by atoms with van der Waals surface area (Å²) in [5.41, 5.74) is 2.14. The van der Waals surface area contributed by atoms with Crippen LogP contribution in [0, 0.1) is 17.0 Å². The molecule has 0 fully saturated rings. The number of aryl methyl sites for hydroxylation is 1. The molecule has 0 N–H and O–H groups in total. The van der Waals surface area contributed by atoms with Gasteiger partial charge in [-0.1, -0.05) is 6.07 Å². The summed E-state index contributed by atoms with van der Waals surface area (Å²) in [6.07, 6.45) is -1.95. The number of nitro groups is 1. The van der Waals surface area contributed by atoms with Crippen LogP contribution in [0.25, 0.3) is 11.3 Å². The van der Waals surface area contributed by atoms with Crippen molar-refractivity contribution >= 4 is 34.5 Å². The molecule has 10 heteroatoms. The second-order valence-corrected chi connectivity index (χ2v) is 7.07. The van der Waals surface area contributed by atoms with E-state index in [0.717, 1.165) is 17.8 Å². The minimum atomic E-state index is -4.47. The lowest BCUT2D eigenvalue weighted by molar-refractivity contribution is -0.384. The zero-order valence-corrected chi connectivity index (χ0v) is 15.3. The Balaban J connectivity index is 1.82. The molecular formula is C18H13F3N4O2S. The highest BCUT2D eigenvalue weighted by molar-refractivity contribution is 8.02. The van der Waals surface area contributed by atoms with Crippen LogP contribution in [0.1, 0.15) is 16.8 Å². The first-order valence-corrected chi connectivity index (χ1v) is 9.19. The highest BCUT2D eigenvalue weighted by atomic mass is 32.2. The second-order valence-electron chi connectivity index (χ2n) is 6.24. The van der Waals surface area contributed by atoms with E-state index < -0.39 is 16.7 Å². The molecule has 0 saturated heterocycles. The Morgan fingerprint density at radius 3 is 2.75 bits per heavy atom. The lowest BCUT2D eigenvalue weighted by Crippen LogP contribution is -2.19. The minimum Gasteiger partial charge on any atom is -0.329 e. The smallest absolute Gasteiger partial charge is 0.329 e. The molecule has 3 aromatic rings. The molecule has 0 spiro atoms. The van der Waals surface area contributed by atoms with Crippen molar-refractivity contribution in [1.82, 2.24) is 9.38 Å². The predicted molar refractivity (Wildman–Crippen MR) is 101 cm³/mol. The van der Waals surface area contributed by atoms with E-state index in [1.807, 2.05) is 17.2 Å². The molecule has 0 atom stereocenters. The number of rotatable bonds is 3. The molecule has 0 saturated carbocycles. The quantitative estimate of drug-likeness (QED) is 0.448. The summed E-state index contributed by atoms with van der Waals surface area (Å²) < 4.78 is 40.7. The zero-order valence-electron chi connectivity index (χ0n) is 14.5. The van der Waals surface area contributed by atoms with E-state index in [4.69, 9.17) is 0 Å². The van der Waals surface area contributed by atoms with Gasteiger partial charge < -0.3 is 4.90 Å². The molecule has 0 unspecified atom stereocenters. The maximum atomic E-state index is 13.1. The fourth-order valence-corrected chi connectivity index (χ4v) is 3.97. The third kappa shape index (κ3) is 3.09. The molecule has 0 bridgehead atoms. The number of nitrogens with zero attached hydrogens (tertiary/aromatic N) is 4. The summed E-state index contributed by atoms with van der Waals surface area (Å²) in [6, 6.07) is 6.86. The van der Waals surface area contributed by atoms with Crippen LogP contribution in [-0.4, -0.2) is 20.2 Å². The van der Waals surface area contributed by atoms with Crippen molar-refractivity contribution in [3.8, 4) is 0 Å². The Morgan fingerprint density at radius 2 is 2.04 bits per heavy atom. The van der Waals surface area contributed by atoms with Gasteiger partial charge in [-0.3, -0.25) is 14.5 Å². The molecule has 3 heterocycles. The Kier molecular flexibility index (Phi) is 4.30. The number of alkyl halides is 3. The average molecular weight is 406 g/mol. The van der Waals surface area contributed by atoms with Gasteiger partial charge in [-0.05, 0) is 30.0 Å². The van der Waals surface area contributed by atoms with Gasteiger partial charge in [0, 0.05) is 18.3 Å². The Bertz CT molecular complexity index is 1120. The summed E-state index contributed by atoms with van der Waals surface area (Å²) >= 11 is 1.46. The number of hydrogen-bond acceptors (Lipinski definition) is 5. The van der Waals surface area contributed by atoms with Crippen molar-refractivity contribution < 1.29 is 18.1 Å². The second kappa shape index (κ2) is 6.55. The van der Waals surface area contributed by atoms with Gasteiger partial charge >= 0.3 is 6.18 Å². The van der Waals surface area contributed by atoms with E-state index in [1.54, 1.807) is 6.07 Å². The van der Waals surface area contributed by atoms with Crippen molar-refractivity contribution in [2.45, 2.75) is 13.1 Å². The molecule has 1 aromatic carbocycles. The van der Waals surface area contributed by atoms with E-state index in [-0.39, 0.29) is 5.69 Å². The fourth-order valence-electron chi connectivity index (χ4n) is 3.06. The fraction of sp³-hybridized carbons (Fsp3) is 0.167. The highest BCUT2D eigenvalue weighted by Gasteiger charge is 2.32. The van der Waals surface area contributed by atoms with E-state index in [2.05, 4.69) is 4.98 Å². The lowest BCUT2D eigenvalue weighted by atomic mass is 10.1. The Morgan fingerprint density at radius 1 is 1.25 bits per heavy atom. The summed E-state index contributed by atoms with van der Waals surface area (Å²) in [4.78, 5) is 16.7. The van der Waals surface area contributed by atoms with Gasteiger partial charge in [-0.15, -0.1) is 11.8 Å². The number of thioether (sulfide) groups is 1. The normalized spacial score (nSPS) is 14.6. The van der Waals surface area contributed by atoms with Gasteiger partial charge in [0.25, 0.3) is 5.69 Å². The summed E-state index contributed by atoms with van der Waals surface area (Å²) in [6.45, 7) is 1.83. The van der Waals surface area contributed by atoms with Crippen molar-refractivity contribution in [3.05, 3.63) is 75.1 Å². The van der Waals surface area contributed by atoms with Crippen LogP contribution in [0.15, 0.2) is 48.1 Å². The van der Waals surface area contributed by atoms with E-state index >= 15 is 0 Å². The number of pyridine rings is 1. The average Bonchev–Trinajstić information content (AvgIpc) is 3.26. The van der Waals surface area contributed by atoms with Gasteiger partial charge in [-0.2, -0.15) is 13.2 Å². The van der Waals surface area contributed by atoms with E-state index in [0.29, 0.717) is 28.6 Å². The van der Waals surface area contributed by atoms with Crippen molar-refractivity contribution in [3.63, 3.8) is 0 Å². The van der Waals surface area contributed by atoms with E-state index in [1.165, 1.54) is 40.6 Å². The maximum Gasteiger partial charge on any atom is 0.417 e. The van der Waals surface area contributed by atoms with Gasteiger partial charge in [0.05, 0.1) is 39.6 Å². The molecule has 1 aliphatic rings. The number of benzene rings is 1. The minimum absolute atomic E-state index is 0.0469. The lowest BCUT2D eigenvalue weighted by Gasteiger charge is -2.23. The Hall–Kier alpha value is -3.01. The summed E-state index contributed by atoms with van der Waals surface area (Å²) in [5.74, 6) is 0.490. The van der Waals surface area contributed by atoms with E-state index in [9.17, 15) is 23.3 Å². The molecule has 144 valence electrons.